The first-order chi connectivity index (χ1) is 15.5. The molecule has 5 nitrogen and oxygen atoms in total. The van der Waals surface area contributed by atoms with Gasteiger partial charge in [-0.15, -0.1) is 0 Å². The summed E-state index contributed by atoms with van der Waals surface area (Å²) in [4.78, 5) is 17.1. The van der Waals surface area contributed by atoms with E-state index in [9.17, 15) is 9.18 Å². The van der Waals surface area contributed by atoms with E-state index in [0.717, 1.165) is 39.6 Å². The molecule has 3 aromatic carbocycles. The third-order valence-electron chi connectivity index (χ3n) is 5.17. The van der Waals surface area contributed by atoms with Gasteiger partial charge in [0.2, 0.25) is 0 Å². The first-order valence-corrected chi connectivity index (χ1v) is 10.8. The number of imidazole rings is 1. The molecule has 1 heterocycles. The maximum atomic E-state index is 13.1. The highest BCUT2D eigenvalue weighted by atomic mass is 35.5. The Balaban J connectivity index is 1.42. The molecule has 0 saturated carbocycles. The van der Waals surface area contributed by atoms with Crippen LogP contribution in [0.3, 0.4) is 0 Å². The van der Waals surface area contributed by atoms with E-state index in [4.69, 9.17) is 16.3 Å². The van der Waals surface area contributed by atoms with Crippen LogP contribution in [0.25, 0.3) is 11.0 Å². The molecule has 0 aliphatic heterocycles. The number of aromatic nitrogens is 2. The van der Waals surface area contributed by atoms with Crippen molar-refractivity contribution in [2.45, 2.75) is 26.4 Å². The molecule has 4 aromatic rings. The molecule has 4 rings (SSSR count). The largest absolute Gasteiger partial charge is 0.494 e. The maximum absolute atomic E-state index is 13.1. The average molecular weight is 452 g/mol. The highest BCUT2D eigenvalue weighted by molar-refractivity contribution is 6.31. The number of carbonyl (C=O) groups is 1. The molecule has 7 heteroatoms. The molecule has 1 aromatic heterocycles. The van der Waals surface area contributed by atoms with Crippen LogP contribution < -0.4 is 10.1 Å². The molecule has 0 aliphatic rings. The molecule has 0 aliphatic carbocycles. The van der Waals surface area contributed by atoms with E-state index in [1.165, 1.54) is 24.3 Å². The lowest BCUT2D eigenvalue weighted by molar-refractivity contribution is 0.0949. The number of halogens is 2. The fourth-order valence-corrected chi connectivity index (χ4v) is 3.61. The van der Waals surface area contributed by atoms with Crippen molar-refractivity contribution in [3.63, 3.8) is 0 Å². The number of aryl methyl sites for hydroxylation is 2. The second kappa shape index (κ2) is 9.83. The summed E-state index contributed by atoms with van der Waals surface area (Å²) in [5.74, 6) is 0.891. The zero-order chi connectivity index (χ0) is 22.5. The Bertz CT molecular complexity index is 1240. The summed E-state index contributed by atoms with van der Waals surface area (Å²) in [7, 11) is 0. The molecule has 164 valence electrons. The van der Waals surface area contributed by atoms with Crippen LogP contribution in [-0.4, -0.2) is 22.1 Å². The molecule has 0 unspecified atom stereocenters. The minimum atomic E-state index is -0.376. The smallest absolute Gasteiger partial charge is 0.251 e. The molecule has 0 bridgehead atoms. The summed E-state index contributed by atoms with van der Waals surface area (Å²) >= 11 is 6.07. The molecule has 1 N–H and O–H groups in total. The molecule has 1 amide bonds. The zero-order valence-corrected chi connectivity index (χ0v) is 18.4. The standard InChI is InChI=1S/C25H23ClFN3O2/c1-17-15-20(11-12-21(17)26)32-14-4-13-30-23-6-3-2-5-22(23)29-24(30)16-28-25(31)18-7-9-19(27)10-8-18/h2-3,5-12,15H,4,13-14,16H2,1H3,(H,28,31). The van der Waals surface area contributed by atoms with Gasteiger partial charge in [-0.25, -0.2) is 9.37 Å². The van der Waals surface area contributed by atoms with E-state index in [-0.39, 0.29) is 18.3 Å². The number of nitrogens with zero attached hydrogens (tertiary/aromatic N) is 2. The number of ether oxygens (including phenoxy) is 1. The van der Waals surface area contributed by atoms with Crippen molar-refractivity contribution in [1.29, 1.82) is 0 Å². The first kappa shape index (κ1) is 21.8. The predicted molar refractivity (Wildman–Crippen MR) is 124 cm³/mol. The van der Waals surface area contributed by atoms with Crippen molar-refractivity contribution < 1.29 is 13.9 Å². The van der Waals surface area contributed by atoms with Crippen molar-refractivity contribution in [1.82, 2.24) is 14.9 Å². The molecule has 0 spiro atoms. The minimum Gasteiger partial charge on any atom is -0.494 e. The number of amides is 1. The molecular weight excluding hydrogens is 429 g/mol. The lowest BCUT2D eigenvalue weighted by Crippen LogP contribution is -2.25. The van der Waals surface area contributed by atoms with E-state index in [1.54, 1.807) is 0 Å². The van der Waals surface area contributed by atoms with E-state index >= 15 is 0 Å². The van der Waals surface area contributed by atoms with E-state index in [0.29, 0.717) is 18.7 Å². The number of fused-ring (bicyclic) bond motifs is 1. The summed E-state index contributed by atoms with van der Waals surface area (Å²) in [5.41, 5.74) is 3.25. The van der Waals surface area contributed by atoms with Gasteiger partial charge in [-0.2, -0.15) is 0 Å². The lowest BCUT2D eigenvalue weighted by atomic mass is 10.2. The van der Waals surface area contributed by atoms with Gasteiger partial charge in [-0.1, -0.05) is 23.7 Å². The average Bonchev–Trinajstić information content (AvgIpc) is 3.15. The Morgan fingerprint density at radius 1 is 1.12 bits per heavy atom. The Kier molecular flexibility index (Phi) is 6.71. The summed E-state index contributed by atoms with van der Waals surface area (Å²) in [5, 5.41) is 3.59. The van der Waals surface area contributed by atoms with Crippen LogP contribution in [0.4, 0.5) is 4.39 Å². The number of nitrogens with one attached hydrogen (secondary N) is 1. The van der Waals surface area contributed by atoms with E-state index in [1.807, 2.05) is 49.4 Å². The highest BCUT2D eigenvalue weighted by Crippen LogP contribution is 2.21. The Morgan fingerprint density at radius 3 is 2.69 bits per heavy atom. The Morgan fingerprint density at radius 2 is 1.91 bits per heavy atom. The molecule has 32 heavy (non-hydrogen) atoms. The molecule has 0 fully saturated rings. The summed E-state index contributed by atoms with van der Waals surface area (Å²) in [6.45, 7) is 3.44. The normalized spacial score (nSPS) is 11.0. The van der Waals surface area contributed by atoms with Crippen molar-refractivity contribution in [3.8, 4) is 5.75 Å². The van der Waals surface area contributed by atoms with E-state index < -0.39 is 0 Å². The molecule has 0 atom stereocenters. The van der Waals surface area contributed by atoms with Gasteiger partial charge >= 0.3 is 0 Å². The quantitative estimate of drug-likeness (QED) is 0.358. The highest BCUT2D eigenvalue weighted by Gasteiger charge is 2.12. The topological polar surface area (TPSA) is 56.1 Å². The van der Waals surface area contributed by atoms with Gasteiger partial charge in [0.05, 0.1) is 24.2 Å². The number of benzene rings is 3. The minimum absolute atomic E-state index is 0.266. The molecule has 0 radical (unpaired) electrons. The van der Waals surface area contributed by atoms with Gasteiger partial charge in [0.15, 0.2) is 0 Å². The van der Waals surface area contributed by atoms with Crippen LogP contribution in [0.2, 0.25) is 5.02 Å². The van der Waals surface area contributed by atoms with Gasteiger partial charge in [0.1, 0.15) is 17.4 Å². The van der Waals surface area contributed by atoms with Crippen molar-refractivity contribution >= 4 is 28.5 Å². The first-order valence-electron chi connectivity index (χ1n) is 10.4. The lowest BCUT2D eigenvalue weighted by Gasteiger charge is -2.12. The second-order valence-electron chi connectivity index (χ2n) is 7.47. The van der Waals surface area contributed by atoms with Crippen molar-refractivity contribution in [2.75, 3.05) is 6.61 Å². The fourth-order valence-electron chi connectivity index (χ4n) is 3.49. The third-order valence-corrected chi connectivity index (χ3v) is 5.60. The second-order valence-corrected chi connectivity index (χ2v) is 7.88. The van der Waals surface area contributed by atoms with Gasteiger partial charge < -0.3 is 14.6 Å². The van der Waals surface area contributed by atoms with E-state index in [2.05, 4.69) is 14.9 Å². The zero-order valence-electron chi connectivity index (χ0n) is 17.6. The third kappa shape index (κ3) is 5.08. The maximum Gasteiger partial charge on any atom is 0.251 e. The summed E-state index contributed by atoms with van der Waals surface area (Å²) < 4.78 is 21.1. The predicted octanol–water partition coefficient (Wildman–Crippen LogP) is 5.54. The summed E-state index contributed by atoms with van der Waals surface area (Å²) in [6, 6.07) is 18.9. The van der Waals surface area contributed by atoms with Crippen LogP contribution in [0.5, 0.6) is 5.75 Å². The number of hydrogen-bond acceptors (Lipinski definition) is 3. The summed E-state index contributed by atoms with van der Waals surface area (Å²) in [6.07, 6.45) is 0.765. The van der Waals surface area contributed by atoms with Crippen LogP contribution in [0, 0.1) is 12.7 Å². The monoisotopic (exact) mass is 451 g/mol. The Hall–Kier alpha value is -3.38. The van der Waals surface area contributed by atoms with Crippen LogP contribution in [0.15, 0.2) is 66.7 Å². The van der Waals surface area contributed by atoms with Crippen LogP contribution in [0.1, 0.15) is 28.2 Å². The number of hydrogen-bond donors (Lipinski definition) is 1. The van der Waals surface area contributed by atoms with Gasteiger partial charge in [0.25, 0.3) is 5.91 Å². The number of rotatable bonds is 8. The van der Waals surface area contributed by atoms with Gasteiger partial charge in [0, 0.05) is 17.1 Å². The van der Waals surface area contributed by atoms with Gasteiger partial charge in [-0.3, -0.25) is 4.79 Å². The fraction of sp³-hybridized carbons (Fsp3) is 0.200. The van der Waals surface area contributed by atoms with Crippen molar-refractivity contribution in [2.24, 2.45) is 0 Å². The molecule has 0 saturated heterocycles. The SMILES string of the molecule is Cc1cc(OCCCn2c(CNC(=O)c3ccc(F)cc3)nc3ccccc32)ccc1Cl. The number of para-hydroxylation sites is 2. The Labute approximate surface area is 190 Å². The molecular formula is C25H23ClFN3O2. The number of carbonyl (C=O) groups excluding carboxylic acids is 1. The van der Waals surface area contributed by atoms with Crippen LogP contribution >= 0.6 is 11.6 Å². The van der Waals surface area contributed by atoms with Crippen molar-refractivity contribution in [3.05, 3.63) is 94.5 Å². The van der Waals surface area contributed by atoms with Gasteiger partial charge in [-0.05, 0) is 73.5 Å². The van der Waals surface area contributed by atoms with Crippen LogP contribution in [-0.2, 0) is 13.1 Å².